The molecular formula is C17H18ClF3N4O2. The molecule has 0 radical (unpaired) electrons. The minimum Gasteiger partial charge on any atom is -0.386 e. The zero-order valence-corrected chi connectivity index (χ0v) is 14.9. The summed E-state index contributed by atoms with van der Waals surface area (Å²) in [5.41, 5.74) is 6.22. The van der Waals surface area contributed by atoms with Crippen molar-refractivity contribution in [1.82, 2.24) is 10.3 Å². The molecule has 1 amide bonds. The highest BCUT2D eigenvalue weighted by Crippen LogP contribution is 2.25. The maximum atomic E-state index is 14.0. The van der Waals surface area contributed by atoms with Gasteiger partial charge in [-0.05, 0) is 30.7 Å². The number of nitrogens with zero attached hydrogens (tertiary/aromatic N) is 2. The Hall–Kier alpha value is -2.39. The van der Waals surface area contributed by atoms with Crippen molar-refractivity contribution in [1.29, 1.82) is 0 Å². The van der Waals surface area contributed by atoms with Crippen LogP contribution in [0.1, 0.15) is 16.9 Å². The summed E-state index contributed by atoms with van der Waals surface area (Å²) in [4.78, 5) is 20.0. The molecule has 0 aromatic carbocycles. The van der Waals surface area contributed by atoms with Crippen LogP contribution < -0.4 is 11.1 Å². The van der Waals surface area contributed by atoms with Crippen LogP contribution in [0.25, 0.3) is 0 Å². The molecule has 6 nitrogen and oxygen atoms in total. The first-order valence-electron chi connectivity index (χ1n) is 7.99. The summed E-state index contributed by atoms with van der Waals surface area (Å²) >= 11 is 5.73. The van der Waals surface area contributed by atoms with Gasteiger partial charge >= 0.3 is 0 Å². The molecule has 1 heterocycles. The van der Waals surface area contributed by atoms with Crippen molar-refractivity contribution < 1.29 is 22.7 Å². The van der Waals surface area contributed by atoms with Crippen molar-refractivity contribution in [3.63, 3.8) is 0 Å². The third-order valence-electron chi connectivity index (χ3n) is 3.54. The number of carbonyl (C=O) groups excluding carboxylic acids is 1. The number of aromatic nitrogens is 1. The summed E-state index contributed by atoms with van der Waals surface area (Å²) in [6.45, 7) is -1.01. The Morgan fingerprint density at radius 1 is 1.44 bits per heavy atom. The molecule has 10 heteroatoms. The Labute approximate surface area is 159 Å². The maximum absolute atomic E-state index is 14.0. The van der Waals surface area contributed by atoms with E-state index in [1.165, 1.54) is 30.5 Å². The Morgan fingerprint density at radius 2 is 2.22 bits per heavy atom. The zero-order valence-electron chi connectivity index (χ0n) is 14.2. The first kappa shape index (κ1) is 20.9. The number of halogens is 4. The summed E-state index contributed by atoms with van der Waals surface area (Å²) in [6, 6.07) is 3.01. The lowest BCUT2D eigenvalue weighted by Gasteiger charge is -2.19. The Morgan fingerprint density at radius 3 is 2.89 bits per heavy atom. The molecule has 1 atom stereocenters. The van der Waals surface area contributed by atoms with Gasteiger partial charge in [0.1, 0.15) is 30.6 Å². The summed E-state index contributed by atoms with van der Waals surface area (Å²) < 4.78 is 42.6. The van der Waals surface area contributed by atoms with Crippen molar-refractivity contribution in [3.05, 3.63) is 52.7 Å². The normalized spacial score (nSPS) is 17.5. The monoisotopic (exact) mass is 402 g/mol. The van der Waals surface area contributed by atoms with Gasteiger partial charge in [0.15, 0.2) is 0 Å². The number of nitrogens with one attached hydrogen (secondary N) is 1. The fraction of sp³-hybridized carbons (Fsp3) is 0.353. The van der Waals surface area contributed by atoms with Gasteiger partial charge in [0.05, 0.1) is 11.6 Å². The molecule has 3 N–H and O–H groups in total. The molecule has 0 spiro atoms. The predicted molar refractivity (Wildman–Crippen MR) is 95.4 cm³/mol. The molecule has 1 aliphatic rings. The highest BCUT2D eigenvalue weighted by atomic mass is 35.5. The Bertz CT molecular complexity index is 751. The first-order valence-corrected chi connectivity index (χ1v) is 8.36. The number of carbonyl (C=O) groups is 1. The van der Waals surface area contributed by atoms with Crippen LogP contribution in [0.3, 0.4) is 0 Å². The van der Waals surface area contributed by atoms with Crippen LogP contribution in [-0.2, 0) is 4.74 Å². The third kappa shape index (κ3) is 7.03. The highest BCUT2D eigenvalue weighted by molar-refractivity contribution is 6.30. The van der Waals surface area contributed by atoms with E-state index in [2.05, 4.69) is 20.0 Å². The van der Waals surface area contributed by atoms with Crippen LogP contribution >= 0.6 is 11.6 Å². The van der Waals surface area contributed by atoms with Gasteiger partial charge in [-0.2, -0.15) is 0 Å². The van der Waals surface area contributed by atoms with Crippen LogP contribution in [-0.4, -0.2) is 42.9 Å². The topological polar surface area (TPSA) is 89.6 Å². The van der Waals surface area contributed by atoms with Crippen molar-refractivity contribution >= 4 is 23.3 Å². The number of aliphatic imine (C=N–C) groups is 1. The molecule has 1 aromatic heterocycles. The minimum absolute atomic E-state index is 0.00138. The molecule has 0 bridgehead atoms. The van der Waals surface area contributed by atoms with Gasteiger partial charge in [-0.25, -0.2) is 18.2 Å². The van der Waals surface area contributed by atoms with Crippen molar-refractivity contribution in [2.75, 3.05) is 19.8 Å². The van der Waals surface area contributed by atoms with Crippen molar-refractivity contribution in [3.8, 4) is 0 Å². The molecule has 1 aliphatic carbocycles. The number of rotatable bonds is 8. The standard InChI is InChI=1S/C17H18ClF3N4O2/c18-11-1-4-14(23-7-11)17(26)25-12-2-3-13(19)10(5-12)6-24-16(22)9-27-8-15(20)21/h1-4,7,10,15H,5-6,8-9H2,(H2,22,24)(H,25,26). The number of nitrogens with two attached hydrogens (primary N) is 1. The number of hydrogen-bond donors (Lipinski definition) is 2. The molecule has 0 aliphatic heterocycles. The molecule has 1 aromatic rings. The fourth-order valence-corrected chi connectivity index (χ4v) is 2.35. The van der Waals surface area contributed by atoms with Crippen LogP contribution in [0, 0.1) is 5.92 Å². The van der Waals surface area contributed by atoms with Gasteiger partial charge in [-0.15, -0.1) is 0 Å². The number of amidine groups is 1. The average Bonchev–Trinajstić information content (AvgIpc) is 2.62. The number of amides is 1. The Kier molecular flexibility index (Phi) is 7.81. The van der Waals surface area contributed by atoms with Crippen molar-refractivity contribution in [2.45, 2.75) is 12.8 Å². The molecule has 0 fully saturated rings. The van der Waals surface area contributed by atoms with E-state index in [1.807, 2.05) is 0 Å². The molecule has 2 rings (SSSR count). The predicted octanol–water partition coefficient (Wildman–Crippen LogP) is 2.86. The van der Waals surface area contributed by atoms with Crippen LogP contribution in [0.2, 0.25) is 5.02 Å². The number of ether oxygens (including phenoxy) is 1. The zero-order chi connectivity index (χ0) is 19.8. The van der Waals surface area contributed by atoms with E-state index in [-0.39, 0.29) is 31.1 Å². The second-order valence-corrected chi connectivity index (χ2v) is 6.13. The van der Waals surface area contributed by atoms with E-state index < -0.39 is 30.7 Å². The summed E-state index contributed by atoms with van der Waals surface area (Å²) in [5, 5.41) is 3.06. The first-order chi connectivity index (χ1) is 12.8. The van der Waals surface area contributed by atoms with E-state index in [4.69, 9.17) is 17.3 Å². The highest BCUT2D eigenvalue weighted by Gasteiger charge is 2.21. The van der Waals surface area contributed by atoms with Gasteiger partial charge in [0.2, 0.25) is 0 Å². The van der Waals surface area contributed by atoms with Gasteiger partial charge in [-0.3, -0.25) is 9.79 Å². The van der Waals surface area contributed by atoms with E-state index in [9.17, 15) is 18.0 Å². The van der Waals surface area contributed by atoms with Gasteiger partial charge < -0.3 is 15.8 Å². The lowest BCUT2D eigenvalue weighted by Crippen LogP contribution is -2.27. The smallest absolute Gasteiger partial charge is 0.273 e. The molecule has 0 saturated heterocycles. The number of alkyl halides is 2. The number of allylic oxidation sites excluding steroid dienone is 3. The number of pyridine rings is 1. The molecule has 0 saturated carbocycles. The lowest BCUT2D eigenvalue weighted by molar-refractivity contribution is 0.0321. The van der Waals surface area contributed by atoms with E-state index >= 15 is 0 Å². The van der Waals surface area contributed by atoms with Crippen LogP contribution in [0.4, 0.5) is 13.2 Å². The SMILES string of the molecule is N/C(COCC(F)F)=N/CC1CC(NC(=O)c2ccc(Cl)cn2)=CC=C1F. The molecule has 27 heavy (non-hydrogen) atoms. The molecule has 146 valence electrons. The van der Waals surface area contributed by atoms with Crippen molar-refractivity contribution in [2.24, 2.45) is 16.6 Å². The molecular weight excluding hydrogens is 385 g/mol. The quantitative estimate of drug-likeness (QED) is 0.517. The minimum atomic E-state index is -2.59. The van der Waals surface area contributed by atoms with E-state index in [0.717, 1.165) is 0 Å². The second kappa shape index (κ2) is 10.1. The van der Waals surface area contributed by atoms with Gasteiger partial charge in [-0.1, -0.05) is 11.6 Å². The largest absolute Gasteiger partial charge is 0.386 e. The summed E-state index contributed by atoms with van der Waals surface area (Å²) in [6.07, 6.45) is 1.64. The maximum Gasteiger partial charge on any atom is 0.273 e. The second-order valence-electron chi connectivity index (χ2n) is 5.70. The molecule has 1 unspecified atom stereocenters. The van der Waals surface area contributed by atoms with Crippen LogP contribution in [0.5, 0.6) is 0 Å². The summed E-state index contributed by atoms with van der Waals surface area (Å²) in [7, 11) is 0. The van der Waals surface area contributed by atoms with Crippen LogP contribution in [0.15, 0.2) is 47.0 Å². The van der Waals surface area contributed by atoms with Gasteiger partial charge in [0, 0.05) is 17.8 Å². The summed E-state index contributed by atoms with van der Waals surface area (Å²) in [5.74, 6) is -1.50. The fourth-order valence-electron chi connectivity index (χ4n) is 2.24. The third-order valence-corrected chi connectivity index (χ3v) is 3.77. The van der Waals surface area contributed by atoms with E-state index in [1.54, 1.807) is 0 Å². The average molecular weight is 403 g/mol. The lowest BCUT2D eigenvalue weighted by atomic mass is 9.97. The van der Waals surface area contributed by atoms with Gasteiger partial charge in [0.25, 0.3) is 12.3 Å². The van der Waals surface area contributed by atoms with E-state index in [0.29, 0.717) is 10.7 Å². The number of hydrogen-bond acceptors (Lipinski definition) is 4. The Balaban J connectivity index is 1.89.